The first kappa shape index (κ1) is 29.3. The number of carbonyl (C=O) groups is 2. The first-order valence-corrected chi connectivity index (χ1v) is 12.5. The van der Waals surface area contributed by atoms with Crippen molar-refractivity contribution in [3.05, 3.63) is 23.8 Å². The average Bonchev–Trinajstić information content (AvgIpc) is 2.82. The SMILES string of the molecule is COc1cc(/C=C/C(=O)OCCCCCCCCCCCCCCCC(=O)[O-])cc(OC)c1O. The van der Waals surface area contributed by atoms with E-state index < -0.39 is 11.9 Å². The van der Waals surface area contributed by atoms with E-state index in [0.29, 0.717) is 12.2 Å². The second-order valence-electron chi connectivity index (χ2n) is 8.49. The van der Waals surface area contributed by atoms with Crippen molar-refractivity contribution >= 4 is 18.0 Å². The van der Waals surface area contributed by atoms with Crippen molar-refractivity contribution in [1.82, 2.24) is 0 Å². The number of carboxylic acid groups (broad SMARTS) is 1. The van der Waals surface area contributed by atoms with Gasteiger partial charge in [0.25, 0.3) is 0 Å². The molecule has 0 aliphatic carbocycles. The third-order valence-corrected chi connectivity index (χ3v) is 5.68. The van der Waals surface area contributed by atoms with E-state index in [4.69, 9.17) is 14.2 Å². The Morgan fingerprint density at radius 2 is 1.24 bits per heavy atom. The standard InChI is InChI=1S/C27H42O7/c1-32-23-20-22(21-24(33-2)27(23)31)17-18-26(30)34-19-15-13-11-9-7-5-3-4-6-8-10-12-14-16-25(28)29/h17-18,20-21,31H,3-16,19H2,1-2H3,(H,28,29)/p-1/b18-17+. The van der Waals surface area contributed by atoms with Crippen LogP contribution in [-0.2, 0) is 14.3 Å². The molecule has 192 valence electrons. The average molecular weight is 478 g/mol. The minimum absolute atomic E-state index is 0.0790. The molecule has 0 atom stereocenters. The predicted octanol–water partition coefficient (Wildman–Crippen LogP) is 5.18. The van der Waals surface area contributed by atoms with Crippen LogP contribution in [0.15, 0.2) is 18.2 Å². The topological polar surface area (TPSA) is 105 Å². The fraction of sp³-hybridized carbons (Fsp3) is 0.630. The number of aliphatic carboxylic acids is 1. The van der Waals surface area contributed by atoms with Gasteiger partial charge in [-0.1, -0.05) is 70.6 Å². The Balaban J connectivity index is 2.00. The number of unbranched alkanes of at least 4 members (excludes halogenated alkanes) is 12. The predicted molar refractivity (Wildman–Crippen MR) is 131 cm³/mol. The quantitative estimate of drug-likeness (QED) is 0.157. The minimum Gasteiger partial charge on any atom is -0.550 e. The summed E-state index contributed by atoms with van der Waals surface area (Å²) < 4.78 is 15.5. The van der Waals surface area contributed by atoms with Crippen molar-refractivity contribution in [1.29, 1.82) is 0 Å². The van der Waals surface area contributed by atoms with Gasteiger partial charge in [-0.15, -0.1) is 0 Å². The zero-order chi connectivity index (χ0) is 25.0. The van der Waals surface area contributed by atoms with E-state index in [1.54, 1.807) is 18.2 Å². The molecule has 7 nitrogen and oxygen atoms in total. The molecule has 1 aromatic rings. The van der Waals surface area contributed by atoms with E-state index >= 15 is 0 Å². The van der Waals surface area contributed by atoms with Gasteiger partial charge in [0.05, 0.1) is 20.8 Å². The van der Waals surface area contributed by atoms with Crippen LogP contribution in [-0.4, -0.2) is 37.9 Å². The van der Waals surface area contributed by atoms with Crippen LogP contribution in [0.1, 0.15) is 95.5 Å². The molecule has 0 radical (unpaired) electrons. The fourth-order valence-electron chi connectivity index (χ4n) is 3.71. The summed E-state index contributed by atoms with van der Waals surface area (Å²) in [4.78, 5) is 22.2. The monoisotopic (exact) mass is 477 g/mol. The molecule has 0 bridgehead atoms. The smallest absolute Gasteiger partial charge is 0.330 e. The molecule has 0 spiro atoms. The van der Waals surface area contributed by atoms with E-state index in [0.717, 1.165) is 38.5 Å². The third kappa shape index (κ3) is 13.8. The molecule has 7 heteroatoms. The number of aromatic hydroxyl groups is 1. The number of hydrogen-bond donors (Lipinski definition) is 1. The van der Waals surface area contributed by atoms with Gasteiger partial charge in [-0.3, -0.25) is 0 Å². The van der Waals surface area contributed by atoms with Crippen molar-refractivity contribution in [2.45, 2.75) is 89.9 Å². The Labute approximate surface area is 204 Å². The maximum Gasteiger partial charge on any atom is 0.330 e. The van der Waals surface area contributed by atoms with Crippen LogP contribution in [0, 0.1) is 0 Å². The number of hydrogen-bond acceptors (Lipinski definition) is 7. The second-order valence-corrected chi connectivity index (χ2v) is 8.49. The molecule has 0 saturated heterocycles. The van der Waals surface area contributed by atoms with Gasteiger partial charge >= 0.3 is 5.97 Å². The maximum absolute atomic E-state index is 11.9. The lowest BCUT2D eigenvalue weighted by molar-refractivity contribution is -0.305. The highest BCUT2D eigenvalue weighted by atomic mass is 16.5. The van der Waals surface area contributed by atoms with Crippen molar-refractivity contribution in [2.75, 3.05) is 20.8 Å². The van der Waals surface area contributed by atoms with Gasteiger partial charge in [0.1, 0.15) is 0 Å². The van der Waals surface area contributed by atoms with E-state index in [-0.39, 0.29) is 23.7 Å². The summed E-state index contributed by atoms with van der Waals surface area (Å²) in [6, 6.07) is 3.23. The molecule has 0 amide bonds. The number of rotatable bonds is 20. The van der Waals surface area contributed by atoms with Crippen molar-refractivity contribution in [3.8, 4) is 17.2 Å². The molecule has 0 saturated carbocycles. The molecule has 1 rings (SSSR count). The number of carboxylic acids is 1. The molecule has 1 aromatic carbocycles. The van der Waals surface area contributed by atoms with Crippen LogP contribution in [0.5, 0.6) is 17.2 Å². The first-order chi connectivity index (χ1) is 16.5. The van der Waals surface area contributed by atoms with Crippen molar-refractivity contribution in [3.63, 3.8) is 0 Å². The van der Waals surface area contributed by atoms with E-state index in [1.165, 1.54) is 65.2 Å². The van der Waals surface area contributed by atoms with Gasteiger partial charge in [0.15, 0.2) is 11.5 Å². The lowest BCUT2D eigenvalue weighted by Gasteiger charge is -2.09. The van der Waals surface area contributed by atoms with Crippen LogP contribution in [0.4, 0.5) is 0 Å². The van der Waals surface area contributed by atoms with E-state index in [9.17, 15) is 19.8 Å². The van der Waals surface area contributed by atoms with Gasteiger partial charge in [-0.25, -0.2) is 4.79 Å². The first-order valence-electron chi connectivity index (χ1n) is 12.5. The minimum atomic E-state index is -0.941. The summed E-state index contributed by atoms with van der Waals surface area (Å²) in [5, 5.41) is 20.2. The van der Waals surface area contributed by atoms with Crippen LogP contribution in [0.25, 0.3) is 6.08 Å². The van der Waals surface area contributed by atoms with Crippen molar-refractivity contribution in [2.24, 2.45) is 0 Å². The molecule has 1 N–H and O–H groups in total. The summed E-state index contributed by atoms with van der Waals surface area (Å²) in [5.41, 5.74) is 0.664. The Hall–Kier alpha value is -2.70. The van der Waals surface area contributed by atoms with Gasteiger partial charge in [0.2, 0.25) is 5.75 Å². The molecule has 0 aliphatic heterocycles. The highest BCUT2D eigenvalue weighted by Crippen LogP contribution is 2.37. The van der Waals surface area contributed by atoms with Gasteiger partial charge in [-0.05, 0) is 43.0 Å². The zero-order valence-electron chi connectivity index (χ0n) is 20.8. The van der Waals surface area contributed by atoms with Gasteiger partial charge in [0, 0.05) is 12.0 Å². The van der Waals surface area contributed by atoms with E-state index in [1.807, 2.05) is 0 Å². The zero-order valence-corrected chi connectivity index (χ0v) is 20.8. The number of benzene rings is 1. The molecule has 0 aromatic heterocycles. The number of esters is 1. The fourth-order valence-corrected chi connectivity index (χ4v) is 3.71. The largest absolute Gasteiger partial charge is 0.550 e. The Bertz CT molecular complexity index is 717. The summed E-state index contributed by atoms with van der Waals surface area (Å²) >= 11 is 0. The van der Waals surface area contributed by atoms with Crippen LogP contribution in [0.2, 0.25) is 0 Å². The number of ether oxygens (including phenoxy) is 3. The molecular formula is C27H41O7-. The number of carbonyl (C=O) groups excluding carboxylic acids is 2. The van der Waals surface area contributed by atoms with E-state index in [2.05, 4.69) is 0 Å². The molecule has 0 heterocycles. The Morgan fingerprint density at radius 3 is 1.68 bits per heavy atom. The number of methoxy groups -OCH3 is 2. The molecule has 34 heavy (non-hydrogen) atoms. The Morgan fingerprint density at radius 1 is 0.794 bits per heavy atom. The maximum atomic E-state index is 11.9. The van der Waals surface area contributed by atoms with Gasteiger partial charge < -0.3 is 29.2 Å². The summed E-state index contributed by atoms with van der Waals surface area (Å²) in [6.45, 7) is 0.411. The van der Waals surface area contributed by atoms with Crippen LogP contribution in [0.3, 0.4) is 0 Å². The molecule has 0 fully saturated rings. The van der Waals surface area contributed by atoms with Crippen LogP contribution < -0.4 is 14.6 Å². The lowest BCUT2D eigenvalue weighted by Crippen LogP contribution is -2.21. The van der Waals surface area contributed by atoms with Crippen LogP contribution >= 0.6 is 0 Å². The molecule has 0 aliphatic rings. The second kappa shape index (κ2) is 18.7. The highest BCUT2D eigenvalue weighted by molar-refractivity contribution is 5.87. The highest BCUT2D eigenvalue weighted by Gasteiger charge is 2.10. The number of phenolic OH excluding ortho intramolecular Hbond substituents is 1. The normalized spacial score (nSPS) is 11.0. The molecule has 0 unspecified atom stereocenters. The lowest BCUT2D eigenvalue weighted by atomic mass is 10.0. The summed E-state index contributed by atoms with van der Waals surface area (Å²) in [6.07, 6.45) is 17.7. The summed E-state index contributed by atoms with van der Waals surface area (Å²) in [7, 11) is 2.90. The van der Waals surface area contributed by atoms with Crippen molar-refractivity contribution < 1.29 is 34.0 Å². The third-order valence-electron chi connectivity index (χ3n) is 5.68. The Kier molecular flexibility index (Phi) is 16.1. The van der Waals surface area contributed by atoms with Gasteiger partial charge in [-0.2, -0.15) is 0 Å². The summed E-state index contributed by atoms with van der Waals surface area (Å²) in [5.74, 6) is -0.871. The molecular weight excluding hydrogens is 436 g/mol. The number of phenols is 1.